The first-order valence-corrected chi connectivity index (χ1v) is 10.8. The Balaban J connectivity index is 3.05. The minimum Gasteiger partial charge on any atom is -0.496 e. The minimum atomic E-state index is -1.02. The molecule has 5 nitrogen and oxygen atoms in total. The molecule has 2 aromatic carbocycles. The standard InChI is InChI=1S/C24H33O5P/c1-16(15-23(2,3)4)24(30-25,21-17(26-5)11-9-12-18(21)27-6)22-19(28-7)13-10-14-20(22)29-8/h9-14,16H,15H2,1-8H3. The lowest BCUT2D eigenvalue weighted by molar-refractivity contribution is 0.258. The van der Waals surface area contributed by atoms with Crippen molar-refractivity contribution in [1.29, 1.82) is 0 Å². The second-order valence-corrected chi connectivity index (χ2v) is 9.49. The van der Waals surface area contributed by atoms with E-state index in [9.17, 15) is 4.57 Å². The van der Waals surface area contributed by atoms with E-state index in [0.29, 0.717) is 34.1 Å². The van der Waals surface area contributed by atoms with Gasteiger partial charge in [0, 0.05) is 0 Å². The summed E-state index contributed by atoms with van der Waals surface area (Å²) < 4.78 is 36.3. The van der Waals surface area contributed by atoms with Gasteiger partial charge in [-0.25, -0.2) is 0 Å². The number of ether oxygens (including phenoxy) is 4. The highest BCUT2D eigenvalue weighted by atomic mass is 31.1. The summed E-state index contributed by atoms with van der Waals surface area (Å²) in [4.78, 5) is 0. The third kappa shape index (κ3) is 4.41. The Morgan fingerprint density at radius 1 is 0.767 bits per heavy atom. The van der Waals surface area contributed by atoms with Crippen LogP contribution >= 0.6 is 8.46 Å². The molecular weight excluding hydrogens is 399 g/mol. The van der Waals surface area contributed by atoms with E-state index < -0.39 is 5.16 Å². The number of benzene rings is 2. The maximum Gasteiger partial charge on any atom is 0.172 e. The van der Waals surface area contributed by atoms with Crippen molar-refractivity contribution in [3.8, 4) is 23.0 Å². The van der Waals surface area contributed by atoms with Crippen molar-refractivity contribution >= 4 is 8.46 Å². The summed E-state index contributed by atoms with van der Waals surface area (Å²) >= 11 is 0. The molecule has 0 aliphatic carbocycles. The number of rotatable bonds is 9. The molecule has 1 unspecified atom stereocenters. The molecule has 0 N–H and O–H groups in total. The zero-order valence-corrected chi connectivity index (χ0v) is 20.1. The molecule has 0 fully saturated rings. The number of hydrogen-bond acceptors (Lipinski definition) is 5. The summed E-state index contributed by atoms with van der Waals surface area (Å²) in [5, 5.41) is -1.02. The van der Waals surface area contributed by atoms with Gasteiger partial charge >= 0.3 is 0 Å². The first-order chi connectivity index (χ1) is 14.2. The molecule has 0 amide bonds. The molecule has 0 saturated carbocycles. The summed E-state index contributed by atoms with van der Waals surface area (Å²) in [6.07, 6.45) is 0.796. The average Bonchev–Trinajstić information content (AvgIpc) is 2.73. The Labute approximate surface area is 181 Å². The highest BCUT2D eigenvalue weighted by molar-refractivity contribution is 7.26. The molecule has 1 atom stereocenters. The van der Waals surface area contributed by atoms with Crippen LogP contribution in [0.2, 0.25) is 0 Å². The lowest BCUT2D eigenvalue weighted by Crippen LogP contribution is -2.34. The third-order valence-corrected chi connectivity index (χ3v) is 6.57. The predicted molar refractivity (Wildman–Crippen MR) is 121 cm³/mol. The summed E-state index contributed by atoms with van der Waals surface area (Å²) in [6.45, 7) is 8.63. The molecular formula is C24H33O5P. The third-order valence-electron chi connectivity index (χ3n) is 5.39. The largest absolute Gasteiger partial charge is 0.496 e. The second kappa shape index (κ2) is 9.70. The van der Waals surface area contributed by atoms with Crippen LogP contribution in [0.15, 0.2) is 36.4 Å². The summed E-state index contributed by atoms with van der Waals surface area (Å²) in [5.74, 6) is 2.34. The molecule has 0 bridgehead atoms. The Bertz CT molecular complexity index is 772. The van der Waals surface area contributed by atoms with E-state index in [-0.39, 0.29) is 19.8 Å². The fourth-order valence-electron chi connectivity index (χ4n) is 4.32. The maximum atomic E-state index is 13.3. The van der Waals surface area contributed by atoms with Crippen LogP contribution in [0.3, 0.4) is 0 Å². The van der Waals surface area contributed by atoms with E-state index in [4.69, 9.17) is 18.9 Å². The minimum absolute atomic E-state index is 0.000141. The maximum absolute atomic E-state index is 13.3. The summed E-state index contributed by atoms with van der Waals surface area (Å²) in [7, 11) is 6.33. The van der Waals surface area contributed by atoms with Gasteiger partial charge in [-0.1, -0.05) is 39.8 Å². The molecule has 0 aliphatic rings. The lowest BCUT2D eigenvalue weighted by atomic mass is 9.72. The predicted octanol–water partition coefficient (Wildman–Crippen LogP) is 6.33. The summed E-state index contributed by atoms with van der Waals surface area (Å²) in [6, 6.07) is 11.2. The second-order valence-electron chi connectivity index (χ2n) is 8.60. The van der Waals surface area contributed by atoms with Crippen LogP contribution in [0.4, 0.5) is 0 Å². The molecule has 164 valence electrons. The van der Waals surface area contributed by atoms with E-state index in [1.54, 1.807) is 28.4 Å². The smallest absolute Gasteiger partial charge is 0.172 e. The molecule has 0 radical (unpaired) electrons. The van der Waals surface area contributed by atoms with E-state index in [2.05, 4.69) is 27.7 Å². The quantitative estimate of drug-likeness (QED) is 0.434. The monoisotopic (exact) mass is 432 g/mol. The molecule has 2 aromatic rings. The van der Waals surface area contributed by atoms with Gasteiger partial charge in [0.05, 0.1) is 39.6 Å². The van der Waals surface area contributed by atoms with Crippen LogP contribution in [-0.4, -0.2) is 28.4 Å². The van der Waals surface area contributed by atoms with Gasteiger partial charge < -0.3 is 18.9 Å². The molecule has 0 saturated heterocycles. The zero-order chi connectivity index (χ0) is 22.5. The molecule has 2 rings (SSSR count). The lowest BCUT2D eigenvalue weighted by Gasteiger charge is -2.40. The van der Waals surface area contributed by atoms with Crippen LogP contribution in [0.25, 0.3) is 0 Å². The zero-order valence-electron chi connectivity index (χ0n) is 19.2. The highest BCUT2D eigenvalue weighted by Gasteiger charge is 2.49. The Morgan fingerprint density at radius 3 is 1.33 bits per heavy atom. The Hall–Kier alpha value is -2.26. The average molecular weight is 432 g/mol. The van der Waals surface area contributed by atoms with Crippen LogP contribution < -0.4 is 18.9 Å². The SMILES string of the molecule is COc1cccc(OC)c1C(P=O)(c1c(OC)cccc1OC)C(C)CC(C)(C)C. The van der Waals surface area contributed by atoms with Crippen molar-refractivity contribution in [3.05, 3.63) is 47.5 Å². The van der Waals surface area contributed by atoms with Crippen molar-refractivity contribution in [2.75, 3.05) is 28.4 Å². The molecule has 0 aliphatic heterocycles. The normalized spacial score (nSPS) is 13.1. The molecule has 0 spiro atoms. The molecule has 30 heavy (non-hydrogen) atoms. The van der Waals surface area contributed by atoms with Crippen molar-refractivity contribution in [3.63, 3.8) is 0 Å². The van der Waals surface area contributed by atoms with Gasteiger partial charge in [0.15, 0.2) is 8.46 Å². The van der Waals surface area contributed by atoms with Crippen molar-refractivity contribution in [1.82, 2.24) is 0 Å². The van der Waals surface area contributed by atoms with Crippen LogP contribution in [0.1, 0.15) is 45.2 Å². The highest BCUT2D eigenvalue weighted by Crippen LogP contribution is 2.60. The number of hydrogen-bond donors (Lipinski definition) is 0. The fourth-order valence-corrected chi connectivity index (χ4v) is 5.21. The topological polar surface area (TPSA) is 54.0 Å². The summed E-state index contributed by atoms with van der Waals surface area (Å²) in [5.41, 5.74) is 1.43. The van der Waals surface area contributed by atoms with E-state index >= 15 is 0 Å². The first kappa shape index (κ1) is 24.0. The Kier molecular flexibility index (Phi) is 7.76. The fraction of sp³-hybridized carbons (Fsp3) is 0.500. The van der Waals surface area contributed by atoms with Crippen LogP contribution in [-0.2, 0) is 9.72 Å². The van der Waals surface area contributed by atoms with Crippen molar-refractivity contribution in [2.24, 2.45) is 11.3 Å². The van der Waals surface area contributed by atoms with Gasteiger partial charge in [-0.05, 0) is 42.0 Å². The van der Waals surface area contributed by atoms with Crippen LogP contribution in [0.5, 0.6) is 23.0 Å². The van der Waals surface area contributed by atoms with Gasteiger partial charge in [0.25, 0.3) is 0 Å². The van der Waals surface area contributed by atoms with Crippen molar-refractivity contribution < 1.29 is 23.5 Å². The first-order valence-electron chi connectivity index (χ1n) is 9.97. The molecule has 6 heteroatoms. The number of methoxy groups -OCH3 is 4. The Morgan fingerprint density at radius 2 is 1.10 bits per heavy atom. The van der Waals surface area contributed by atoms with Gasteiger partial charge in [-0.3, -0.25) is 4.57 Å². The van der Waals surface area contributed by atoms with Crippen molar-refractivity contribution in [2.45, 2.75) is 39.3 Å². The van der Waals surface area contributed by atoms with Gasteiger partial charge in [0.1, 0.15) is 28.2 Å². The van der Waals surface area contributed by atoms with E-state index in [1.807, 2.05) is 36.4 Å². The van der Waals surface area contributed by atoms with E-state index in [1.165, 1.54) is 0 Å². The van der Waals surface area contributed by atoms with Gasteiger partial charge in [0.2, 0.25) is 0 Å². The molecule has 0 aromatic heterocycles. The van der Waals surface area contributed by atoms with Gasteiger partial charge in [-0.15, -0.1) is 0 Å². The molecule has 0 heterocycles. The van der Waals surface area contributed by atoms with Crippen LogP contribution in [0, 0.1) is 11.3 Å². The van der Waals surface area contributed by atoms with Gasteiger partial charge in [-0.2, -0.15) is 0 Å². The van der Waals surface area contributed by atoms with E-state index in [0.717, 1.165) is 6.42 Å².